The van der Waals surface area contributed by atoms with Gasteiger partial charge in [0.2, 0.25) is 0 Å². The maximum atomic E-state index is 6.24. The molecule has 0 radical (unpaired) electrons. The van der Waals surface area contributed by atoms with E-state index in [0.29, 0.717) is 18.1 Å². The highest BCUT2D eigenvalue weighted by molar-refractivity contribution is 4.79. The molecule has 0 aromatic rings. The summed E-state index contributed by atoms with van der Waals surface area (Å²) < 4.78 is 12.0. The van der Waals surface area contributed by atoms with Crippen molar-refractivity contribution in [1.82, 2.24) is 0 Å². The van der Waals surface area contributed by atoms with Gasteiger partial charge >= 0.3 is 0 Å². The van der Waals surface area contributed by atoms with Gasteiger partial charge in [0.05, 0.1) is 12.2 Å². The van der Waals surface area contributed by atoms with Crippen LogP contribution >= 0.6 is 0 Å². The maximum Gasteiger partial charge on any atom is 0.0602 e. The average molecular weight is 268 g/mol. The van der Waals surface area contributed by atoms with Crippen LogP contribution in [0.5, 0.6) is 0 Å². The first-order chi connectivity index (χ1) is 9.19. The number of ether oxygens (including phenoxy) is 2. The van der Waals surface area contributed by atoms with Crippen molar-refractivity contribution in [2.45, 2.75) is 77.9 Å². The van der Waals surface area contributed by atoms with Crippen LogP contribution in [0.1, 0.15) is 65.7 Å². The fraction of sp³-hybridized carbons (Fsp3) is 1.00. The lowest BCUT2D eigenvalue weighted by Crippen LogP contribution is -2.34. The summed E-state index contributed by atoms with van der Waals surface area (Å²) >= 11 is 0. The Kier molecular flexibility index (Phi) is 6.15. The van der Waals surface area contributed by atoms with Gasteiger partial charge in [-0.25, -0.2) is 0 Å². The van der Waals surface area contributed by atoms with E-state index in [0.717, 1.165) is 25.0 Å². The van der Waals surface area contributed by atoms with Crippen molar-refractivity contribution in [2.24, 2.45) is 17.8 Å². The molecule has 0 spiro atoms. The van der Waals surface area contributed by atoms with Gasteiger partial charge < -0.3 is 9.47 Å². The monoisotopic (exact) mass is 268 g/mol. The van der Waals surface area contributed by atoms with Crippen LogP contribution in [-0.4, -0.2) is 25.4 Å². The molecule has 0 heterocycles. The van der Waals surface area contributed by atoms with Crippen LogP contribution in [-0.2, 0) is 9.47 Å². The van der Waals surface area contributed by atoms with Crippen LogP contribution in [0.15, 0.2) is 0 Å². The van der Waals surface area contributed by atoms with Gasteiger partial charge in [-0.05, 0) is 56.8 Å². The Morgan fingerprint density at radius 3 is 2.26 bits per heavy atom. The first-order valence-corrected chi connectivity index (χ1v) is 8.42. The predicted molar refractivity (Wildman–Crippen MR) is 79.3 cm³/mol. The molecule has 2 aliphatic rings. The number of hydrogen-bond acceptors (Lipinski definition) is 2. The van der Waals surface area contributed by atoms with E-state index >= 15 is 0 Å². The minimum atomic E-state index is 0.482. The molecule has 2 saturated carbocycles. The molecule has 0 amide bonds. The Morgan fingerprint density at radius 1 is 0.895 bits per heavy atom. The van der Waals surface area contributed by atoms with Crippen molar-refractivity contribution in [3.63, 3.8) is 0 Å². The van der Waals surface area contributed by atoms with Crippen LogP contribution in [0.4, 0.5) is 0 Å². The van der Waals surface area contributed by atoms with E-state index in [9.17, 15) is 0 Å². The summed E-state index contributed by atoms with van der Waals surface area (Å²) in [5, 5.41) is 0. The summed E-state index contributed by atoms with van der Waals surface area (Å²) in [5.74, 6) is 2.43. The fourth-order valence-electron chi connectivity index (χ4n) is 3.71. The van der Waals surface area contributed by atoms with Gasteiger partial charge in [-0.15, -0.1) is 0 Å². The Bertz CT molecular complexity index is 246. The fourth-order valence-corrected chi connectivity index (χ4v) is 3.71. The van der Waals surface area contributed by atoms with Crippen molar-refractivity contribution in [2.75, 3.05) is 13.2 Å². The van der Waals surface area contributed by atoms with E-state index in [1.165, 1.54) is 44.9 Å². The molecular formula is C17H32O2. The third-order valence-corrected chi connectivity index (χ3v) is 5.13. The molecule has 3 unspecified atom stereocenters. The topological polar surface area (TPSA) is 18.5 Å². The minimum Gasteiger partial charge on any atom is -0.378 e. The van der Waals surface area contributed by atoms with Crippen molar-refractivity contribution >= 4 is 0 Å². The van der Waals surface area contributed by atoms with Gasteiger partial charge in [-0.2, -0.15) is 0 Å². The molecule has 2 rings (SSSR count). The highest BCUT2D eigenvalue weighted by atomic mass is 16.5. The molecule has 2 nitrogen and oxygen atoms in total. The minimum absolute atomic E-state index is 0.482. The van der Waals surface area contributed by atoms with E-state index in [4.69, 9.17) is 9.47 Å². The normalized spacial score (nSPS) is 40.3. The molecule has 0 aromatic heterocycles. The molecule has 0 aliphatic heterocycles. The highest BCUT2D eigenvalue weighted by Crippen LogP contribution is 2.32. The zero-order valence-electron chi connectivity index (χ0n) is 13.1. The standard InChI is InChI=1S/C17H32O2/c1-4-18-16-9-10-17(14(3)11-16)19-12-15-7-5-13(2)6-8-15/h13-17H,4-12H2,1-3H3. The van der Waals surface area contributed by atoms with Crippen LogP contribution in [0.25, 0.3) is 0 Å². The Balaban J connectivity index is 1.66. The highest BCUT2D eigenvalue weighted by Gasteiger charge is 2.29. The van der Waals surface area contributed by atoms with Gasteiger partial charge in [0.15, 0.2) is 0 Å². The van der Waals surface area contributed by atoms with Gasteiger partial charge in [-0.1, -0.05) is 26.7 Å². The molecule has 0 bridgehead atoms. The largest absolute Gasteiger partial charge is 0.378 e. The van der Waals surface area contributed by atoms with Gasteiger partial charge in [0.1, 0.15) is 0 Å². The summed E-state index contributed by atoms with van der Waals surface area (Å²) in [6.07, 6.45) is 10.1. The molecule has 0 saturated heterocycles. The molecule has 2 aliphatic carbocycles. The lowest BCUT2D eigenvalue weighted by molar-refractivity contribution is -0.0686. The van der Waals surface area contributed by atoms with Crippen molar-refractivity contribution in [3.05, 3.63) is 0 Å². The molecule has 2 heteroatoms. The van der Waals surface area contributed by atoms with E-state index < -0.39 is 0 Å². The lowest BCUT2D eigenvalue weighted by atomic mass is 9.83. The average Bonchev–Trinajstić information content (AvgIpc) is 2.40. The van der Waals surface area contributed by atoms with Crippen molar-refractivity contribution in [1.29, 1.82) is 0 Å². The SMILES string of the molecule is CCOC1CCC(OCC2CCC(C)CC2)C(C)C1. The van der Waals surface area contributed by atoms with Crippen LogP contribution in [0.2, 0.25) is 0 Å². The zero-order valence-corrected chi connectivity index (χ0v) is 13.1. The molecule has 112 valence electrons. The predicted octanol–water partition coefficient (Wildman–Crippen LogP) is 4.42. The number of hydrogen-bond donors (Lipinski definition) is 0. The molecule has 19 heavy (non-hydrogen) atoms. The second-order valence-electron chi connectivity index (χ2n) is 6.87. The number of rotatable bonds is 5. The van der Waals surface area contributed by atoms with E-state index in [2.05, 4.69) is 20.8 Å². The Morgan fingerprint density at radius 2 is 1.63 bits per heavy atom. The van der Waals surface area contributed by atoms with Gasteiger partial charge in [0, 0.05) is 13.2 Å². The van der Waals surface area contributed by atoms with E-state index in [-0.39, 0.29) is 0 Å². The smallest absolute Gasteiger partial charge is 0.0602 e. The lowest BCUT2D eigenvalue weighted by Gasteiger charge is -2.35. The summed E-state index contributed by atoms with van der Waals surface area (Å²) in [7, 11) is 0. The second-order valence-corrected chi connectivity index (χ2v) is 6.87. The van der Waals surface area contributed by atoms with Gasteiger partial charge in [0.25, 0.3) is 0 Å². The van der Waals surface area contributed by atoms with Gasteiger partial charge in [-0.3, -0.25) is 0 Å². The summed E-state index contributed by atoms with van der Waals surface area (Å²) in [6.45, 7) is 8.66. The van der Waals surface area contributed by atoms with E-state index in [1.807, 2.05) is 0 Å². The third-order valence-electron chi connectivity index (χ3n) is 5.13. The first kappa shape index (κ1) is 15.3. The quantitative estimate of drug-likeness (QED) is 0.734. The van der Waals surface area contributed by atoms with Crippen LogP contribution in [0, 0.1) is 17.8 Å². The summed E-state index contributed by atoms with van der Waals surface area (Å²) in [6, 6.07) is 0. The second kappa shape index (κ2) is 7.64. The van der Waals surface area contributed by atoms with Crippen LogP contribution in [0.3, 0.4) is 0 Å². The molecule has 0 aromatic carbocycles. The zero-order chi connectivity index (χ0) is 13.7. The van der Waals surface area contributed by atoms with Crippen molar-refractivity contribution < 1.29 is 9.47 Å². The summed E-state index contributed by atoms with van der Waals surface area (Å²) in [4.78, 5) is 0. The Hall–Kier alpha value is -0.0800. The third kappa shape index (κ3) is 4.75. The molecule has 0 N–H and O–H groups in total. The molecule has 3 atom stereocenters. The first-order valence-electron chi connectivity index (χ1n) is 8.42. The Labute approximate surface area is 119 Å². The molecular weight excluding hydrogens is 236 g/mol. The molecule has 2 fully saturated rings. The maximum absolute atomic E-state index is 6.24. The van der Waals surface area contributed by atoms with E-state index in [1.54, 1.807) is 0 Å². The van der Waals surface area contributed by atoms with Crippen molar-refractivity contribution in [3.8, 4) is 0 Å². The summed E-state index contributed by atoms with van der Waals surface area (Å²) in [5.41, 5.74) is 0. The van der Waals surface area contributed by atoms with Crippen LogP contribution < -0.4 is 0 Å².